The van der Waals surface area contributed by atoms with Gasteiger partial charge in [0, 0.05) is 28.2 Å². The number of ether oxygens (including phenoxy) is 1. The molecule has 23 heavy (non-hydrogen) atoms. The van der Waals surface area contributed by atoms with Crippen LogP contribution in [0.15, 0.2) is 32.8 Å². The summed E-state index contributed by atoms with van der Waals surface area (Å²) in [5.74, 6) is -0.114. The third kappa shape index (κ3) is 4.45. The van der Waals surface area contributed by atoms with Crippen LogP contribution in [0.1, 0.15) is 5.69 Å². The first-order valence-corrected chi connectivity index (χ1v) is 9.21. The largest absolute Gasteiger partial charge is 0.378 e. The van der Waals surface area contributed by atoms with E-state index in [0.717, 1.165) is 14.9 Å². The number of halogens is 1. The highest BCUT2D eigenvalue weighted by atomic mass is 35.5. The Morgan fingerprint density at radius 1 is 1.57 bits per heavy atom. The molecular weight excluding hydrogens is 354 g/mol. The molecule has 0 saturated carbocycles. The molecule has 2 heterocycles. The third-order valence-corrected chi connectivity index (χ3v) is 5.79. The minimum absolute atomic E-state index is 0.114. The van der Waals surface area contributed by atoms with E-state index in [2.05, 4.69) is 15.6 Å². The van der Waals surface area contributed by atoms with Crippen molar-refractivity contribution in [3.63, 3.8) is 0 Å². The SMILES string of the molecule is Cc1csc(Sc2ccc(NC(=O)C3COCCN3)cc2Cl)n1. The van der Waals surface area contributed by atoms with Crippen molar-refractivity contribution in [2.24, 2.45) is 0 Å². The van der Waals surface area contributed by atoms with E-state index in [1.54, 1.807) is 17.4 Å². The van der Waals surface area contributed by atoms with Crippen molar-refractivity contribution in [1.82, 2.24) is 10.3 Å². The van der Waals surface area contributed by atoms with Crippen LogP contribution in [0.5, 0.6) is 0 Å². The molecule has 2 aromatic rings. The van der Waals surface area contributed by atoms with Crippen LogP contribution in [0, 0.1) is 6.92 Å². The minimum Gasteiger partial charge on any atom is -0.378 e. The number of thiazole rings is 1. The molecule has 0 spiro atoms. The van der Waals surface area contributed by atoms with Gasteiger partial charge >= 0.3 is 0 Å². The standard InChI is InChI=1S/C15H16ClN3O2S2/c1-9-8-22-15(18-9)23-13-3-2-10(6-11(13)16)19-14(20)12-7-21-5-4-17-12/h2-3,6,8,12,17H,4-5,7H2,1H3,(H,19,20). The number of benzene rings is 1. The van der Waals surface area contributed by atoms with Gasteiger partial charge in [0.1, 0.15) is 6.04 Å². The zero-order chi connectivity index (χ0) is 16.2. The van der Waals surface area contributed by atoms with Crippen molar-refractivity contribution in [2.75, 3.05) is 25.1 Å². The summed E-state index contributed by atoms with van der Waals surface area (Å²) in [6.45, 7) is 3.67. The first-order valence-electron chi connectivity index (χ1n) is 7.13. The van der Waals surface area contributed by atoms with E-state index in [1.807, 2.05) is 24.4 Å². The Kier molecular flexibility index (Phi) is 5.55. The van der Waals surface area contributed by atoms with Crippen molar-refractivity contribution in [2.45, 2.75) is 22.2 Å². The number of nitrogens with zero attached hydrogens (tertiary/aromatic N) is 1. The Morgan fingerprint density at radius 2 is 2.43 bits per heavy atom. The lowest BCUT2D eigenvalue weighted by molar-refractivity contribution is -0.120. The van der Waals surface area contributed by atoms with Crippen molar-refractivity contribution in [3.05, 3.63) is 34.3 Å². The maximum atomic E-state index is 12.1. The van der Waals surface area contributed by atoms with Gasteiger partial charge in [0.05, 0.1) is 18.2 Å². The molecule has 1 aliphatic rings. The maximum absolute atomic E-state index is 12.1. The molecule has 1 amide bonds. The summed E-state index contributed by atoms with van der Waals surface area (Å²) in [6, 6.07) is 5.17. The van der Waals surface area contributed by atoms with E-state index >= 15 is 0 Å². The quantitative estimate of drug-likeness (QED) is 0.866. The number of morpholine rings is 1. The Hall–Kier alpha value is -1.12. The van der Waals surface area contributed by atoms with Gasteiger partial charge in [0.2, 0.25) is 5.91 Å². The van der Waals surface area contributed by atoms with Crippen molar-refractivity contribution < 1.29 is 9.53 Å². The highest BCUT2D eigenvalue weighted by molar-refractivity contribution is 8.01. The Morgan fingerprint density at radius 3 is 3.09 bits per heavy atom. The lowest BCUT2D eigenvalue weighted by atomic mass is 10.2. The summed E-state index contributed by atoms with van der Waals surface area (Å²) < 4.78 is 6.24. The molecule has 1 saturated heterocycles. The minimum atomic E-state index is -0.324. The molecule has 8 heteroatoms. The number of aryl methyl sites for hydroxylation is 1. The molecule has 3 rings (SSSR count). The highest BCUT2D eigenvalue weighted by Crippen LogP contribution is 2.36. The van der Waals surface area contributed by atoms with E-state index in [4.69, 9.17) is 16.3 Å². The number of carbonyl (C=O) groups excluding carboxylic acids is 1. The predicted octanol–water partition coefficient (Wildman–Crippen LogP) is 3.18. The third-order valence-electron chi connectivity index (χ3n) is 3.23. The fourth-order valence-corrected chi connectivity index (χ4v) is 4.19. The van der Waals surface area contributed by atoms with Gasteiger partial charge in [0.25, 0.3) is 0 Å². The van der Waals surface area contributed by atoms with Gasteiger partial charge in [-0.1, -0.05) is 23.4 Å². The molecule has 1 aromatic heterocycles. The van der Waals surface area contributed by atoms with Crippen LogP contribution in [-0.2, 0) is 9.53 Å². The zero-order valence-electron chi connectivity index (χ0n) is 12.5. The smallest absolute Gasteiger partial charge is 0.243 e. The lowest BCUT2D eigenvalue weighted by Crippen LogP contribution is -2.48. The second-order valence-electron chi connectivity index (χ2n) is 5.07. The molecule has 0 bridgehead atoms. The van der Waals surface area contributed by atoms with Gasteiger partial charge in [0.15, 0.2) is 4.34 Å². The number of anilines is 1. The van der Waals surface area contributed by atoms with Gasteiger partial charge in [-0.15, -0.1) is 11.3 Å². The summed E-state index contributed by atoms with van der Waals surface area (Å²) in [4.78, 5) is 17.5. The molecule has 0 aliphatic carbocycles. The fourth-order valence-electron chi connectivity index (χ4n) is 2.10. The number of aromatic nitrogens is 1. The number of rotatable bonds is 4. The van der Waals surface area contributed by atoms with Crippen molar-refractivity contribution in [1.29, 1.82) is 0 Å². The highest BCUT2D eigenvalue weighted by Gasteiger charge is 2.21. The summed E-state index contributed by atoms with van der Waals surface area (Å²) in [5.41, 5.74) is 1.67. The molecule has 5 nitrogen and oxygen atoms in total. The molecule has 122 valence electrons. The van der Waals surface area contributed by atoms with Crippen LogP contribution >= 0.6 is 34.7 Å². The average molecular weight is 370 g/mol. The van der Waals surface area contributed by atoms with E-state index in [-0.39, 0.29) is 11.9 Å². The summed E-state index contributed by atoms with van der Waals surface area (Å²) in [5, 5.41) is 8.57. The van der Waals surface area contributed by atoms with Gasteiger partial charge in [-0.2, -0.15) is 0 Å². The van der Waals surface area contributed by atoms with Crippen LogP contribution in [0.4, 0.5) is 5.69 Å². The molecule has 1 aromatic carbocycles. The van der Waals surface area contributed by atoms with Gasteiger partial charge < -0.3 is 15.4 Å². The van der Waals surface area contributed by atoms with Crippen LogP contribution in [0.25, 0.3) is 0 Å². The van der Waals surface area contributed by atoms with E-state index in [1.165, 1.54) is 11.8 Å². The molecule has 1 unspecified atom stereocenters. The van der Waals surface area contributed by atoms with Gasteiger partial charge in [-0.25, -0.2) is 4.98 Å². The van der Waals surface area contributed by atoms with Gasteiger partial charge in [-0.05, 0) is 25.1 Å². The Labute approximate surface area is 147 Å². The average Bonchev–Trinajstić information content (AvgIpc) is 2.96. The molecule has 1 atom stereocenters. The summed E-state index contributed by atoms with van der Waals surface area (Å²) in [6.07, 6.45) is 0. The first kappa shape index (κ1) is 16.7. The number of carbonyl (C=O) groups is 1. The normalized spacial score (nSPS) is 17.9. The zero-order valence-corrected chi connectivity index (χ0v) is 14.9. The molecular formula is C15H16ClN3O2S2. The van der Waals surface area contributed by atoms with Crippen LogP contribution < -0.4 is 10.6 Å². The van der Waals surface area contributed by atoms with Crippen LogP contribution in [0.2, 0.25) is 5.02 Å². The Balaban J connectivity index is 1.65. The monoisotopic (exact) mass is 369 g/mol. The number of hydrogen-bond donors (Lipinski definition) is 2. The maximum Gasteiger partial charge on any atom is 0.243 e. The van der Waals surface area contributed by atoms with Crippen molar-refractivity contribution >= 4 is 46.3 Å². The molecule has 0 radical (unpaired) electrons. The Bertz CT molecular complexity index is 702. The molecule has 1 aliphatic heterocycles. The van der Waals surface area contributed by atoms with Crippen molar-refractivity contribution in [3.8, 4) is 0 Å². The lowest BCUT2D eigenvalue weighted by Gasteiger charge is -2.23. The fraction of sp³-hybridized carbons (Fsp3) is 0.333. The number of amides is 1. The van der Waals surface area contributed by atoms with Gasteiger partial charge in [-0.3, -0.25) is 4.79 Å². The number of nitrogens with one attached hydrogen (secondary N) is 2. The predicted molar refractivity (Wildman–Crippen MR) is 93.7 cm³/mol. The summed E-state index contributed by atoms with van der Waals surface area (Å²) in [7, 11) is 0. The first-order chi connectivity index (χ1) is 11.1. The second-order valence-corrected chi connectivity index (χ2v) is 7.63. The van der Waals surface area contributed by atoms with Crippen LogP contribution in [0.3, 0.4) is 0 Å². The second kappa shape index (κ2) is 7.63. The summed E-state index contributed by atoms with van der Waals surface area (Å²) >= 11 is 9.43. The number of hydrogen-bond acceptors (Lipinski definition) is 6. The molecule has 2 N–H and O–H groups in total. The van der Waals surface area contributed by atoms with E-state index < -0.39 is 0 Å². The van der Waals surface area contributed by atoms with Crippen LogP contribution in [-0.4, -0.2) is 36.7 Å². The molecule has 1 fully saturated rings. The van der Waals surface area contributed by atoms with E-state index in [0.29, 0.717) is 30.5 Å². The topological polar surface area (TPSA) is 63.2 Å². The van der Waals surface area contributed by atoms with E-state index in [9.17, 15) is 4.79 Å².